The fourth-order valence-electron chi connectivity index (χ4n) is 4.59. The highest BCUT2D eigenvalue weighted by Gasteiger charge is 2.32. The minimum absolute atomic E-state index is 0.0216. The van der Waals surface area contributed by atoms with Crippen LogP contribution in [0.1, 0.15) is 48.3 Å². The van der Waals surface area contributed by atoms with Gasteiger partial charge in [-0.25, -0.2) is 4.39 Å². The summed E-state index contributed by atoms with van der Waals surface area (Å²) >= 11 is 5.98. The van der Waals surface area contributed by atoms with Crippen LogP contribution in [0.15, 0.2) is 42.7 Å². The lowest BCUT2D eigenvalue weighted by atomic mass is 9.83. The highest BCUT2D eigenvalue weighted by atomic mass is 35.5. The van der Waals surface area contributed by atoms with Gasteiger partial charge in [-0.15, -0.1) is 0 Å². The van der Waals surface area contributed by atoms with E-state index in [0.29, 0.717) is 21.7 Å². The molecule has 3 aromatic rings. The first-order chi connectivity index (χ1) is 16.7. The molecule has 0 spiro atoms. The molecule has 1 aromatic carbocycles. The Labute approximate surface area is 207 Å². The Kier molecular flexibility index (Phi) is 7.35. The maximum Gasteiger partial charge on any atom is 0.270 e. The third-order valence-corrected chi connectivity index (χ3v) is 6.72. The Morgan fingerprint density at radius 3 is 2.60 bits per heavy atom. The molecule has 8 nitrogen and oxygen atoms in total. The lowest BCUT2D eigenvalue weighted by molar-refractivity contribution is -0.611. The van der Waals surface area contributed by atoms with Crippen LogP contribution in [0.4, 0.5) is 10.1 Å². The van der Waals surface area contributed by atoms with Gasteiger partial charge in [0, 0.05) is 31.4 Å². The third-order valence-electron chi connectivity index (χ3n) is 6.51. The van der Waals surface area contributed by atoms with Crippen LogP contribution in [0.2, 0.25) is 5.02 Å². The van der Waals surface area contributed by atoms with Gasteiger partial charge in [-0.05, 0) is 49.1 Å². The SMILES string of the molecule is Cc1c(-c2ccc(NC(=O)[C@@H](NC(=O)c3ccnn3C)C3CCCCC3)cc2F)cc(Cl)c[n+]1[O-]. The number of amides is 2. The molecule has 2 amide bonds. The molecule has 2 N–H and O–H groups in total. The van der Waals surface area contributed by atoms with E-state index in [1.165, 1.54) is 35.3 Å². The lowest BCUT2D eigenvalue weighted by Gasteiger charge is -2.30. The number of carbonyl (C=O) groups excluding carboxylic acids is 2. The predicted octanol–water partition coefficient (Wildman–Crippen LogP) is 4.14. The van der Waals surface area contributed by atoms with Crippen LogP contribution in [0.25, 0.3) is 11.1 Å². The molecule has 1 saturated carbocycles. The van der Waals surface area contributed by atoms with Gasteiger partial charge in [0.2, 0.25) is 5.91 Å². The summed E-state index contributed by atoms with van der Waals surface area (Å²) < 4.78 is 17.1. The van der Waals surface area contributed by atoms with Gasteiger partial charge in [-0.2, -0.15) is 9.83 Å². The topological polar surface area (TPSA) is 103 Å². The van der Waals surface area contributed by atoms with Crippen molar-refractivity contribution in [3.05, 3.63) is 70.2 Å². The summed E-state index contributed by atoms with van der Waals surface area (Å²) in [4.78, 5) is 26.1. The molecule has 1 atom stereocenters. The van der Waals surface area contributed by atoms with Gasteiger partial charge >= 0.3 is 0 Å². The fraction of sp³-hybridized carbons (Fsp3) is 0.360. The zero-order valence-corrected chi connectivity index (χ0v) is 20.3. The molecule has 184 valence electrons. The molecular formula is C25H27ClFN5O3. The van der Waals surface area contributed by atoms with E-state index in [4.69, 9.17) is 11.6 Å². The average Bonchev–Trinajstić information content (AvgIpc) is 3.26. The van der Waals surface area contributed by atoms with E-state index in [1.54, 1.807) is 26.1 Å². The lowest BCUT2D eigenvalue weighted by Crippen LogP contribution is -2.49. The number of halogens is 2. The Morgan fingerprint density at radius 2 is 1.94 bits per heavy atom. The first-order valence-corrected chi connectivity index (χ1v) is 11.9. The fourth-order valence-corrected chi connectivity index (χ4v) is 4.79. The van der Waals surface area contributed by atoms with Gasteiger partial charge in [0.1, 0.15) is 22.6 Å². The molecule has 1 fully saturated rings. The van der Waals surface area contributed by atoms with Crippen LogP contribution in [0.5, 0.6) is 0 Å². The zero-order valence-electron chi connectivity index (χ0n) is 19.6. The second-order valence-corrected chi connectivity index (χ2v) is 9.29. The molecule has 0 radical (unpaired) electrons. The maximum absolute atomic E-state index is 15.0. The minimum Gasteiger partial charge on any atom is -0.618 e. The van der Waals surface area contributed by atoms with Gasteiger partial charge < -0.3 is 15.8 Å². The monoisotopic (exact) mass is 499 g/mol. The van der Waals surface area contributed by atoms with E-state index in [9.17, 15) is 14.8 Å². The summed E-state index contributed by atoms with van der Waals surface area (Å²) in [6.07, 6.45) is 7.43. The van der Waals surface area contributed by atoms with Crippen molar-refractivity contribution in [2.24, 2.45) is 13.0 Å². The molecule has 1 aliphatic rings. The Balaban J connectivity index is 1.56. The molecule has 1 aliphatic carbocycles. The van der Waals surface area contributed by atoms with Crippen LogP contribution in [0.3, 0.4) is 0 Å². The van der Waals surface area contributed by atoms with Gasteiger partial charge in [0.25, 0.3) is 5.91 Å². The van der Waals surface area contributed by atoms with Crippen LogP contribution in [-0.4, -0.2) is 27.6 Å². The second-order valence-electron chi connectivity index (χ2n) is 8.86. The quantitative estimate of drug-likeness (QED) is 0.393. The first-order valence-electron chi connectivity index (χ1n) is 11.5. The number of aryl methyl sites for hydroxylation is 1. The molecule has 0 unspecified atom stereocenters. The van der Waals surface area contributed by atoms with Gasteiger partial charge in [-0.3, -0.25) is 14.3 Å². The Hall–Kier alpha value is -3.46. The van der Waals surface area contributed by atoms with Crippen LogP contribution < -0.4 is 15.4 Å². The highest BCUT2D eigenvalue weighted by Crippen LogP contribution is 2.30. The van der Waals surface area contributed by atoms with E-state index < -0.39 is 17.8 Å². The van der Waals surface area contributed by atoms with Gasteiger partial charge in [0.05, 0.1) is 5.56 Å². The van der Waals surface area contributed by atoms with E-state index in [0.717, 1.165) is 32.1 Å². The van der Waals surface area contributed by atoms with Crippen molar-refractivity contribution in [2.75, 3.05) is 5.32 Å². The third kappa shape index (κ3) is 5.45. The van der Waals surface area contributed by atoms with Crippen LogP contribution in [-0.2, 0) is 11.8 Å². The molecule has 0 aliphatic heterocycles. The minimum atomic E-state index is -0.768. The van der Waals surface area contributed by atoms with Crippen molar-refractivity contribution in [1.82, 2.24) is 15.1 Å². The number of carbonyl (C=O) groups is 2. The zero-order chi connectivity index (χ0) is 25.1. The molecule has 10 heteroatoms. The van der Waals surface area contributed by atoms with Crippen LogP contribution >= 0.6 is 11.6 Å². The summed E-state index contributed by atoms with van der Waals surface area (Å²) in [7, 11) is 1.66. The number of nitrogens with one attached hydrogen (secondary N) is 2. The Bertz CT molecular complexity index is 1260. The number of anilines is 1. The predicted molar refractivity (Wildman–Crippen MR) is 130 cm³/mol. The van der Waals surface area contributed by atoms with E-state index in [-0.39, 0.29) is 28.1 Å². The number of rotatable bonds is 6. The van der Waals surface area contributed by atoms with E-state index in [2.05, 4.69) is 15.7 Å². The summed E-state index contributed by atoms with van der Waals surface area (Å²) in [5, 5.41) is 21.8. The standard InChI is InChI=1S/C25H27ClFN5O3/c1-15-20(12-17(26)14-32(15)35)19-9-8-18(13-21(19)27)29-25(34)23(16-6-4-3-5-7-16)30-24(33)22-10-11-28-31(22)2/h8-14,16,23H,3-7H2,1-2H3,(H,29,34)(H,30,33)/t23-/m0/s1. The molecule has 4 rings (SSSR count). The molecular weight excluding hydrogens is 473 g/mol. The van der Waals surface area contributed by atoms with Crippen molar-refractivity contribution in [1.29, 1.82) is 0 Å². The smallest absolute Gasteiger partial charge is 0.270 e. The number of aromatic nitrogens is 3. The second kappa shape index (κ2) is 10.4. The molecule has 2 aromatic heterocycles. The highest BCUT2D eigenvalue weighted by molar-refractivity contribution is 6.30. The van der Waals surface area contributed by atoms with Crippen molar-refractivity contribution < 1.29 is 18.7 Å². The number of pyridine rings is 1. The van der Waals surface area contributed by atoms with E-state index >= 15 is 4.39 Å². The average molecular weight is 500 g/mol. The number of nitrogens with zero attached hydrogens (tertiary/aromatic N) is 3. The van der Waals surface area contributed by atoms with Crippen molar-refractivity contribution in [3.8, 4) is 11.1 Å². The van der Waals surface area contributed by atoms with Crippen molar-refractivity contribution >= 4 is 29.1 Å². The summed E-state index contributed by atoms with van der Waals surface area (Å²) in [6, 6.07) is 6.59. The van der Waals surface area contributed by atoms with Gasteiger partial charge in [0.15, 0.2) is 11.9 Å². The Morgan fingerprint density at radius 1 is 1.20 bits per heavy atom. The number of benzene rings is 1. The first kappa shape index (κ1) is 24.7. The van der Waals surface area contributed by atoms with Crippen molar-refractivity contribution in [3.63, 3.8) is 0 Å². The molecule has 0 saturated heterocycles. The van der Waals surface area contributed by atoms with Gasteiger partial charge in [-0.1, -0.05) is 30.9 Å². The summed E-state index contributed by atoms with van der Waals surface area (Å²) in [6.45, 7) is 1.58. The van der Waals surface area contributed by atoms with Crippen molar-refractivity contribution in [2.45, 2.75) is 45.1 Å². The normalized spacial score (nSPS) is 15.0. The largest absolute Gasteiger partial charge is 0.618 e. The number of hydrogen-bond donors (Lipinski definition) is 2. The summed E-state index contributed by atoms with van der Waals surface area (Å²) in [5.41, 5.74) is 1.47. The maximum atomic E-state index is 15.0. The number of hydrogen-bond acceptors (Lipinski definition) is 4. The molecule has 35 heavy (non-hydrogen) atoms. The molecule has 0 bridgehead atoms. The summed E-state index contributed by atoms with van der Waals surface area (Å²) in [5.74, 6) is -1.43. The van der Waals surface area contributed by atoms with Crippen LogP contribution in [0, 0.1) is 23.9 Å². The molecule has 2 heterocycles. The van der Waals surface area contributed by atoms with E-state index in [1.807, 2.05) is 0 Å².